The van der Waals surface area contributed by atoms with Crippen LogP contribution in [0, 0.1) is 0 Å². The molecular weight excluding hydrogens is 414 g/mol. The highest BCUT2D eigenvalue weighted by Crippen LogP contribution is 2.22. The highest BCUT2D eigenvalue weighted by molar-refractivity contribution is 6.62. The SMILES string of the molecule is CCCCCCCCCCCCCCCCCCNCC(C)[Si](OC)(OC)OC.Cl. The van der Waals surface area contributed by atoms with Crippen molar-refractivity contribution in [2.45, 2.75) is 122 Å². The molecule has 184 valence electrons. The van der Waals surface area contributed by atoms with Crippen LogP contribution in [0.3, 0.4) is 0 Å². The maximum atomic E-state index is 5.54. The van der Waals surface area contributed by atoms with E-state index in [2.05, 4.69) is 19.2 Å². The summed E-state index contributed by atoms with van der Waals surface area (Å²) in [4.78, 5) is 0. The Balaban J connectivity index is 0. The molecule has 1 atom stereocenters. The quantitative estimate of drug-likeness (QED) is 0.124. The van der Waals surface area contributed by atoms with Gasteiger partial charge in [0, 0.05) is 33.4 Å². The maximum absolute atomic E-state index is 5.54. The Morgan fingerprint density at radius 2 is 0.933 bits per heavy atom. The molecule has 30 heavy (non-hydrogen) atoms. The van der Waals surface area contributed by atoms with Gasteiger partial charge in [-0.3, -0.25) is 0 Å². The predicted molar refractivity (Wildman–Crippen MR) is 136 cm³/mol. The van der Waals surface area contributed by atoms with E-state index in [0.717, 1.165) is 13.1 Å². The van der Waals surface area contributed by atoms with E-state index >= 15 is 0 Å². The molecule has 0 rings (SSSR count). The summed E-state index contributed by atoms with van der Waals surface area (Å²) in [6, 6.07) is 0. The monoisotopic (exact) mass is 467 g/mol. The second kappa shape index (κ2) is 24.0. The molecule has 4 nitrogen and oxygen atoms in total. The van der Waals surface area contributed by atoms with Crippen molar-refractivity contribution in [3.63, 3.8) is 0 Å². The van der Waals surface area contributed by atoms with Gasteiger partial charge in [0.1, 0.15) is 0 Å². The van der Waals surface area contributed by atoms with Crippen LogP contribution in [-0.4, -0.2) is 43.2 Å². The zero-order chi connectivity index (χ0) is 21.6. The predicted octanol–water partition coefficient (Wildman–Crippen LogP) is 7.53. The number of halogens is 1. The number of rotatable bonds is 23. The minimum Gasteiger partial charge on any atom is -0.377 e. The molecule has 0 aromatic heterocycles. The van der Waals surface area contributed by atoms with Gasteiger partial charge in [-0.25, -0.2) is 0 Å². The van der Waals surface area contributed by atoms with Gasteiger partial charge in [-0.2, -0.15) is 0 Å². The van der Waals surface area contributed by atoms with Crippen LogP contribution in [0.15, 0.2) is 0 Å². The highest BCUT2D eigenvalue weighted by atomic mass is 35.5. The van der Waals surface area contributed by atoms with Crippen LogP contribution in [0.1, 0.15) is 117 Å². The van der Waals surface area contributed by atoms with Crippen LogP contribution >= 0.6 is 12.4 Å². The molecule has 6 heteroatoms. The summed E-state index contributed by atoms with van der Waals surface area (Å²) in [5.74, 6) is 0. The molecular formula is C24H54ClNO3Si. The van der Waals surface area contributed by atoms with E-state index in [1.54, 1.807) is 21.3 Å². The molecule has 1 unspecified atom stereocenters. The third-order valence-corrected chi connectivity index (χ3v) is 9.23. The highest BCUT2D eigenvalue weighted by Gasteiger charge is 2.44. The second-order valence-electron chi connectivity index (χ2n) is 8.62. The molecule has 0 spiro atoms. The smallest absolute Gasteiger partial charge is 0.377 e. The van der Waals surface area contributed by atoms with Gasteiger partial charge in [0.25, 0.3) is 0 Å². The van der Waals surface area contributed by atoms with Crippen LogP contribution in [0.2, 0.25) is 5.54 Å². The van der Waals surface area contributed by atoms with E-state index in [1.165, 1.54) is 103 Å². The topological polar surface area (TPSA) is 39.7 Å². The van der Waals surface area contributed by atoms with Gasteiger partial charge in [0.05, 0.1) is 0 Å². The van der Waals surface area contributed by atoms with Gasteiger partial charge in [0.15, 0.2) is 0 Å². The number of nitrogens with one attached hydrogen (secondary N) is 1. The maximum Gasteiger partial charge on any atom is 0.504 e. The first-order valence-electron chi connectivity index (χ1n) is 12.5. The molecule has 0 heterocycles. The minimum absolute atomic E-state index is 0. The molecule has 0 bridgehead atoms. The molecule has 0 aromatic carbocycles. The Bertz CT molecular complexity index is 325. The third-order valence-electron chi connectivity index (χ3n) is 6.11. The first-order valence-corrected chi connectivity index (χ1v) is 14.3. The van der Waals surface area contributed by atoms with E-state index in [-0.39, 0.29) is 17.9 Å². The number of hydrogen-bond acceptors (Lipinski definition) is 4. The molecule has 0 aliphatic carbocycles. The lowest BCUT2D eigenvalue weighted by molar-refractivity contribution is 0.113. The van der Waals surface area contributed by atoms with Gasteiger partial charge in [-0.15, -0.1) is 12.4 Å². The van der Waals surface area contributed by atoms with Crippen LogP contribution in [0.25, 0.3) is 0 Å². The average Bonchev–Trinajstić information content (AvgIpc) is 2.74. The van der Waals surface area contributed by atoms with Crippen LogP contribution < -0.4 is 5.32 Å². The summed E-state index contributed by atoms with van der Waals surface area (Å²) in [6.07, 6.45) is 22.6. The van der Waals surface area contributed by atoms with Crippen molar-refractivity contribution in [2.24, 2.45) is 0 Å². The van der Waals surface area contributed by atoms with E-state index in [4.69, 9.17) is 13.3 Å². The minimum atomic E-state index is -2.50. The first-order chi connectivity index (χ1) is 14.2. The molecule has 0 saturated heterocycles. The summed E-state index contributed by atoms with van der Waals surface area (Å²) in [7, 11) is 2.56. The summed E-state index contributed by atoms with van der Waals surface area (Å²) < 4.78 is 16.6. The Morgan fingerprint density at radius 1 is 0.600 bits per heavy atom. The lowest BCUT2D eigenvalue weighted by Gasteiger charge is -2.30. The fourth-order valence-corrected chi connectivity index (χ4v) is 6.20. The van der Waals surface area contributed by atoms with E-state index < -0.39 is 8.80 Å². The number of unbranched alkanes of at least 4 members (excludes halogenated alkanes) is 15. The van der Waals surface area contributed by atoms with E-state index in [1.807, 2.05) is 0 Å². The van der Waals surface area contributed by atoms with Crippen LogP contribution in [0.4, 0.5) is 0 Å². The van der Waals surface area contributed by atoms with Crippen molar-refractivity contribution < 1.29 is 13.3 Å². The van der Waals surface area contributed by atoms with Gasteiger partial charge in [-0.05, 0) is 13.0 Å². The van der Waals surface area contributed by atoms with Crippen molar-refractivity contribution in [2.75, 3.05) is 34.4 Å². The molecule has 0 aliphatic rings. The molecule has 0 radical (unpaired) electrons. The Kier molecular flexibility index (Phi) is 26.0. The summed E-state index contributed by atoms with van der Waals surface area (Å²) in [6.45, 7) is 6.40. The van der Waals surface area contributed by atoms with Crippen molar-refractivity contribution >= 4 is 21.2 Å². The molecule has 0 aromatic rings. The van der Waals surface area contributed by atoms with Gasteiger partial charge in [0.2, 0.25) is 0 Å². The van der Waals surface area contributed by atoms with E-state index in [0.29, 0.717) is 0 Å². The van der Waals surface area contributed by atoms with Crippen molar-refractivity contribution in [1.29, 1.82) is 0 Å². The molecule has 0 amide bonds. The first kappa shape index (κ1) is 32.5. The normalized spacial score (nSPS) is 12.7. The van der Waals surface area contributed by atoms with Crippen molar-refractivity contribution in [3.05, 3.63) is 0 Å². The average molecular weight is 468 g/mol. The fraction of sp³-hybridized carbons (Fsp3) is 1.00. The Labute approximate surface area is 196 Å². The molecule has 0 saturated carbocycles. The van der Waals surface area contributed by atoms with Gasteiger partial charge in [-0.1, -0.05) is 110 Å². The molecule has 1 N–H and O–H groups in total. The number of hydrogen-bond donors (Lipinski definition) is 1. The molecule has 0 aliphatic heterocycles. The van der Waals surface area contributed by atoms with Crippen LogP contribution in [-0.2, 0) is 13.3 Å². The summed E-state index contributed by atoms with van der Waals surface area (Å²) in [5.41, 5.74) is 0.267. The zero-order valence-electron chi connectivity index (χ0n) is 20.9. The standard InChI is InChI=1S/C24H53NO3Si.ClH/c1-6-7-8-9-10-11-12-13-14-15-16-17-18-19-20-21-22-25-23-24(2)29(26-3,27-4)28-5;/h24-25H,6-23H2,1-5H3;1H. The lowest BCUT2D eigenvalue weighted by atomic mass is 10.0. The Morgan fingerprint density at radius 3 is 1.27 bits per heavy atom. The van der Waals surface area contributed by atoms with Crippen LogP contribution in [0.5, 0.6) is 0 Å². The molecule has 0 fully saturated rings. The zero-order valence-corrected chi connectivity index (χ0v) is 22.8. The summed E-state index contributed by atoms with van der Waals surface area (Å²) in [5, 5.41) is 3.54. The lowest BCUT2D eigenvalue weighted by Crippen LogP contribution is -2.49. The Hall–Kier alpha value is 0.347. The van der Waals surface area contributed by atoms with Gasteiger partial charge < -0.3 is 18.6 Å². The third kappa shape index (κ3) is 17.0. The van der Waals surface area contributed by atoms with Gasteiger partial charge >= 0.3 is 8.80 Å². The van der Waals surface area contributed by atoms with Crippen molar-refractivity contribution in [1.82, 2.24) is 5.32 Å². The fourth-order valence-electron chi connectivity index (χ4n) is 4.10. The van der Waals surface area contributed by atoms with E-state index in [9.17, 15) is 0 Å². The largest absolute Gasteiger partial charge is 0.504 e. The van der Waals surface area contributed by atoms with Crippen molar-refractivity contribution in [3.8, 4) is 0 Å². The summed E-state index contributed by atoms with van der Waals surface area (Å²) >= 11 is 0. The second-order valence-corrected chi connectivity index (χ2v) is 12.0.